The maximum absolute atomic E-state index is 12.7. The molecule has 4 heteroatoms. The van der Waals surface area contributed by atoms with E-state index in [1.54, 1.807) is 32.4 Å². The molecule has 0 amide bonds. The molecule has 0 spiro atoms. The van der Waals surface area contributed by atoms with Crippen LogP contribution in [0.25, 0.3) is 5.70 Å². The van der Waals surface area contributed by atoms with Crippen molar-refractivity contribution in [3.63, 3.8) is 0 Å². The summed E-state index contributed by atoms with van der Waals surface area (Å²) < 4.78 is 10.6. The van der Waals surface area contributed by atoms with Crippen molar-refractivity contribution in [3.05, 3.63) is 65.2 Å². The Labute approximate surface area is 142 Å². The normalized spacial score (nSPS) is 16.4. The average molecular weight is 323 g/mol. The van der Waals surface area contributed by atoms with E-state index in [0.717, 1.165) is 22.6 Å². The number of hydrogen-bond donors (Lipinski definition) is 1. The number of carbonyl (C=O) groups is 1. The molecule has 2 aromatic rings. The maximum atomic E-state index is 12.7. The molecule has 124 valence electrons. The third-order valence-electron chi connectivity index (χ3n) is 4.29. The molecule has 0 radical (unpaired) electrons. The van der Waals surface area contributed by atoms with E-state index in [1.165, 1.54) is 0 Å². The Balaban J connectivity index is 2.02. The molecule has 0 saturated heterocycles. The minimum atomic E-state index is -0.267. The molecule has 3 rings (SSSR count). The average Bonchev–Trinajstić information content (AvgIpc) is 2.84. The van der Waals surface area contributed by atoms with Crippen LogP contribution in [0.5, 0.6) is 11.5 Å². The molecular weight excluding hydrogens is 302 g/mol. The second kappa shape index (κ2) is 6.04. The van der Waals surface area contributed by atoms with Crippen molar-refractivity contribution in [2.24, 2.45) is 0 Å². The van der Waals surface area contributed by atoms with Gasteiger partial charge in [0, 0.05) is 17.3 Å². The van der Waals surface area contributed by atoms with E-state index in [1.807, 2.05) is 30.3 Å². The third-order valence-corrected chi connectivity index (χ3v) is 4.29. The van der Waals surface area contributed by atoms with Gasteiger partial charge in [-0.1, -0.05) is 12.1 Å². The summed E-state index contributed by atoms with van der Waals surface area (Å²) >= 11 is 0. The molecule has 2 aromatic carbocycles. The minimum Gasteiger partial charge on any atom is -0.497 e. The van der Waals surface area contributed by atoms with Gasteiger partial charge in [-0.3, -0.25) is 4.79 Å². The van der Waals surface area contributed by atoms with Gasteiger partial charge < -0.3 is 14.8 Å². The Hall–Kier alpha value is -2.75. The van der Waals surface area contributed by atoms with E-state index in [-0.39, 0.29) is 11.3 Å². The fourth-order valence-corrected chi connectivity index (χ4v) is 3.04. The fraction of sp³-hybridized carbons (Fsp3) is 0.250. The van der Waals surface area contributed by atoms with Crippen LogP contribution in [-0.4, -0.2) is 20.0 Å². The number of ketones is 1. The summed E-state index contributed by atoms with van der Waals surface area (Å²) in [6, 6.07) is 13.1. The zero-order chi connectivity index (χ0) is 17.3. The number of benzene rings is 2. The molecule has 1 N–H and O–H groups in total. The molecule has 0 atom stereocenters. The van der Waals surface area contributed by atoms with Crippen LogP contribution in [0.2, 0.25) is 0 Å². The van der Waals surface area contributed by atoms with Gasteiger partial charge >= 0.3 is 0 Å². The molecule has 1 heterocycles. The minimum absolute atomic E-state index is 0.0885. The largest absolute Gasteiger partial charge is 0.497 e. The number of hydrogen-bond acceptors (Lipinski definition) is 4. The predicted molar refractivity (Wildman–Crippen MR) is 94.5 cm³/mol. The second-order valence-corrected chi connectivity index (χ2v) is 6.28. The van der Waals surface area contributed by atoms with Crippen molar-refractivity contribution >= 4 is 11.5 Å². The standard InChI is InChI=1S/C20H21NO3/c1-20(2)16-11-13(23-3)9-10-14(16)17(21-20)12-18(22)15-7-5-6-8-19(15)24-4/h5-12,21H,1-4H3/b17-12-. The van der Waals surface area contributed by atoms with Gasteiger partial charge in [0.15, 0.2) is 5.78 Å². The van der Waals surface area contributed by atoms with Crippen LogP contribution in [0.15, 0.2) is 48.5 Å². The van der Waals surface area contributed by atoms with Gasteiger partial charge in [-0.25, -0.2) is 0 Å². The Kier molecular flexibility index (Phi) is 4.06. The van der Waals surface area contributed by atoms with E-state index in [0.29, 0.717) is 11.3 Å². The highest BCUT2D eigenvalue weighted by molar-refractivity contribution is 6.10. The van der Waals surface area contributed by atoms with Crippen LogP contribution >= 0.6 is 0 Å². The van der Waals surface area contributed by atoms with Crippen LogP contribution in [0, 0.1) is 0 Å². The fourth-order valence-electron chi connectivity index (χ4n) is 3.04. The topological polar surface area (TPSA) is 47.6 Å². The van der Waals surface area contributed by atoms with Crippen LogP contribution in [0.4, 0.5) is 0 Å². The first-order valence-electron chi connectivity index (χ1n) is 7.82. The first-order valence-corrected chi connectivity index (χ1v) is 7.82. The molecule has 0 aromatic heterocycles. The van der Waals surface area contributed by atoms with Gasteiger partial charge in [-0.2, -0.15) is 0 Å². The molecule has 0 unspecified atom stereocenters. The quantitative estimate of drug-likeness (QED) is 0.687. The van der Waals surface area contributed by atoms with E-state index in [4.69, 9.17) is 9.47 Å². The number of fused-ring (bicyclic) bond motifs is 1. The highest BCUT2D eigenvalue weighted by Crippen LogP contribution is 2.38. The number of rotatable bonds is 4. The highest BCUT2D eigenvalue weighted by atomic mass is 16.5. The summed E-state index contributed by atoms with van der Waals surface area (Å²) in [6.45, 7) is 4.17. The highest BCUT2D eigenvalue weighted by Gasteiger charge is 2.33. The maximum Gasteiger partial charge on any atom is 0.191 e. The van der Waals surface area contributed by atoms with E-state index in [9.17, 15) is 4.79 Å². The van der Waals surface area contributed by atoms with Gasteiger partial charge in [0.2, 0.25) is 0 Å². The zero-order valence-electron chi connectivity index (χ0n) is 14.3. The lowest BCUT2D eigenvalue weighted by Gasteiger charge is -2.20. The Morgan fingerprint density at radius 2 is 1.83 bits per heavy atom. The van der Waals surface area contributed by atoms with Gasteiger partial charge in [-0.15, -0.1) is 0 Å². The number of nitrogens with one attached hydrogen (secondary N) is 1. The molecule has 0 fully saturated rings. The van der Waals surface area contributed by atoms with Gasteiger partial charge in [-0.05, 0) is 49.7 Å². The Morgan fingerprint density at radius 1 is 1.08 bits per heavy atom. The smallest absolute Gasteiger partial charge is 0.191 e. The SMILES string of the molecule is COc1ccc2c(c1)C(C)(C)N/C2=C\C(=O)c1ccccc1OC. The van der Waals surface area contributed by atoms with Crippen molar-refractivity contribution in [1.29, 1.82) is 0 Å². The summed E-state index contributed by atoms with van der Waals surface area (Å²) in [5.41, 5.74) is 3.23. The summed E-state index contributed by atoms with van der Waals surface area (Å²) in [6.07, 6.45) is 1.64. The molecule has 1 aliphatic rings. The monoisotopic (exact) mass is 323 g/mol. The number of allylic oxidation sites excluding steroid dienone is 1. The lowest BCUT2D eigenvalue weighted by Crippen LogP contribution is -2.28. The van der Waals surface area contributed by atoms with Crippen molar-refractivity contribution in [3.8, 4) is 11.5 Å². The first kappa shape index (κ1) is 16.1. The van der Waals surface area contributed by atoms with Crippen LogP contribution in [0.3, 0.4) is 0 Å². The number of para-hydroxylation sites is 1. The van der Waals surface area contributed by atoms with E-state index >= 15 is 0 Å². The number of ether oxygens (including phenoxy) is 2. The Bertz CT molecular complexity index is 821. The van der Waals surface area contributed by atoms with Gasteiger partial charge in [0.1, 0.15) is 11.5 Å². The third kappa shape index (κ3) is 2.75. The molecule has 0 bridgehead atoms. The number of carbonyl (C=O) groups excluding carboxylic acids is 1. The van der Waals surface area contributed by atoms with Crippen molar-refractivity contribution < 1.29 is 14.3 Å². The van der Waals surface area contributed by atoms with Crippen molar-refractivity contribution in [2.75, 3.05) is 14.2 Å². The van der Waals surface area contributed by atoms with E-state index in [2.05, 4.69) is 19.2 Å². The lowest BCUT2D eigenvalue weighted by molar-refractivity contribution is 0.104. The summed E-state index contributed by atoms with van der Waals surface area (Å²) in [4.78, 5) is 12.7. The first-order chi connectivity index (χ1) is 11.5. The van der Waals surface area contributed by atoms with Gasteiger partial charge in [0.05, 0.1) is 25.3 Å². The lowest BCUT2D eigenvalue weighted by atomic mass is 9.94. The van der Waals surface area contributed by atoms with Crippen LogP contribution in [-0.2, 0) is 5.54 Å². The molecule has 4 nitrogen and oxygen atoms in total. The molecule has 0 saturated carbocycles. The molecule has 24 heavy (non-hydrogen) atoms. The van der Waals surface area contributed by atoms with Crippen LogP contribution in [0.1, 0.15) is 35.3 Å². The molecule has 1 aliphatic heterocycles. The predicted octanol–water partition coefficient (Wildman–Crippen LogP) is 3.77. The summed E-state index contributed by atoms with van der Waals surface area (Å²) in [7, 11) is 3.22. The van der Waals surface area contributed by atoms with Crippen LogP contribution < -0.4 is 14.8 Å². The van der Waals surface area contributed by atoms with Gasteiger partial charge in [0.25, 0.3) is 0 Å². The second-order valence-electron chi connectivity index (χ2n) is 6.28. The molecular formula is C20H21NO3. The molecule has 0 aliphatic carbocycles. The van der Waals surface area contributed by atoms with Crippen molar-refractivity contribution in [1.82, 2.24) is 5.32 Å². The number of methoxy groups -OCH3 is 2. The van der Waals surface area contributed by atoms with E-state index < -0.39 is 0 Å². The summed E-state index contributed by atoms with van der Waals surface area (Å²) in [5, 5.41) is 3.43. The zero-order valence-corrected chi connectivity index (χ0v) is 14.3. The summed E-state index contributed by atoms with van der Waals surface area (Å²) in [5.74, 6) is 1.29. The Morgan fingerprint density at radius 3 is 2.54 bits per heavy atom. The van der Waals surface area contributed by atoms with Crippen molar-refractivity contribution in [2.45, 2.75) is 19.4 Å².